The minimum Gasteiger partial charge on any atom is -0.465 e. The van der Waals surface area contributed by atoms with Crippen molar-refractivity contribution in [1.82, 2.24) is 4.90 Å². The summed E-state index contributed by atoms with van der Waals surface area (Å²) in [7, 11) is 1.29. The average molecular weight is 352 g/mol. The fourth-order valence-corrected chi connectivity index (χ4v) is 2.94. The van der Waals surface area contributed by atoms with Crippen LogP contribution in [0.1, 0.15) is 43.9 Å². The summed E-state index contributed by atoms with van der Waals surface area (Å²) < 4.78 is 4.72. The highest BCUT2D eigenvalue weighted by molar-refractivity contribution is 6.08. The Balaban J connectivity index is 1.73. The molecule has 1 aliphatic heterocycles. The summed E-state index contributed by atoms with van der Waals surface area (Å²) in [5, 5.41) is 2.71. The largest absolute Gasteiger partial charge is 0.465 e. The Bertz CT molecular complexity index is 824. The first kappa shape index (κ1) is 17.7. The predicted molar refractivity (Wildman–Crippen MR) is 97.3 cm³/mol. The van der Waals surface area contributed by atoms with Crippen molar-refractivity contribution in [2.24, 2.45) is 0 Å². The van der Waals surface area contributed by atoms with Gasteiger partial charge in [-0.3, -0.25) is 9.59 Å². The summed E-state index contributed by atoms with van der Waals surface area (Å²) in [5.41, 5.74) is 1.63. The summed E-state index contributed by atoms with van der Waals surface area (Å²) >= 11 is 0. The molecule has 1 saturated heterocycles. The molecular formula is C20H20N2O4. The third-order valence-corrected chi connectivity index (χ3v) is 4.37. The number of rotatable bonds is 4. The molecule has 0 radical (unpaired) electrons. The third kappa shape index (κ3) is 3.74. The molecule has 0 atom stereocenters. The summed E-state index contributed by atoms with van der Waals surface area (Å²) in [6.45, 7) is 1.57. The minimum absolute atomic E-state index is 0.00880. The minimum atomic E-state index is -0.521. The zero-order valence-corrected chi connectivity index (χ0v) is 14.5. The summed E-state index contributed by atoms with van der Waals surface area (Å²) in [4.78, 5) is 38.4. The van der Waals surface area contributed by atoms with Crippen LogP contribution in [0.4, 0.5) is 5.69 Å². The van der Waals surface area contributed by atoms with Crippen molar-refractivity contribution in [3.8, 4) is 0 Å². The summed E-state index contributed by atoms with van der Waals surface area (Å²) in [5.74, 6) is -0.889. The average Bonchev–Trinajstić information content (AvgIpc) is 3.22. The van der Waals surface area contributed by atoms with E-state index in [9.17, 15) is 14.4 Å². The highest BCUT2D eigenvalue weighted by atomic mass is 16.5. The molecule has 26 heavy (non-hydrogen) atoms. The molecule has 134 valence electrons. The molecule has 0 aliphatic carbocycles. The van der Waals surface area contributed by atoms with Crippen LogP contribution >= 0.6 is 0 Å². The molecule has 2 aromatic carbocycles. The molecule has 1 N–H and O–H groups in total. The van der Waals surface area contributed by atoms with E-state index < -0.39 is 5.97 Å². The van der Waals surface area contributed by atoms with Crippen LogP contribution in [-0.4, -0.2) is 42.9 Å². The number of hydrogen-bond donors (Lipinski definition) is 1. The molecule has 0 spiro atoms. The standard InChI is InChI=1S/C20H20N2O4/c1-26-20(25)16-6-2-3-7-17(16)21-18(23)14-8-10-15(11-9-14)19(24)22-12-4-5-13-22/h2-3,6-11H,4-5,12-13H2,1H3,(H,21,23). The van der Waals surface area contributed by atoms with Crippen LogP contribution in [0.2, 0.25) is 0 Å². The van der Waals surface area contributed by atoms with E-state index >= 15 is 0 Å². The molecule has 0 unspecified atom stereocenters. The van der Waals surface area contributed by atoms with Gasteiger partial charge in [-0.05, 0) is 49.2 Å². The van der Waals surface area contributed by atoms with Crippen LogP contribution in [0, 0.1) is 0 Å². The second-order valence-corrected chi connectivity index (χ2v) is 6.07. The van der Waals surface area contributed by atoms with Crippen molar-refractivity contribution in [2.75, 3.05) is 25.5 Å². The van der Waals surface area contributed by atoms with Gasteiger partial charge in [-0.2, -0.15) is 0 Å². The number of carbonyl (C=O) groups is 3. The number of hydrogen-bond acceptors (Lipinski definition) is 4. The van der Waals surface area contributed by atoms with Gasteiger partial charge in [-0.1, -0.05) is 12.1 Å². The van der Waals surface area contributed by atoms with Crippen LogP contribution in [0.5, 0.6) is 0 Å². The quantitative estimate of drug-likeness (QED) is 0.859. The predicted octanol–water partition coefficient (Wildman–Crippen LogP) is 2.96. The molecule has 3 rings (SSSR count). The van der Waals surface area contributed by atoms with Crippen molar-refractivity contribution in [3.05, 3.63) is 65.2 Å². The third-order valence-electron chi connectivity index (χ3n) is 4.37. The second-order valence-electron chi connectivity index (χ2n) is 6.07. The SMILES string of the molecule is COC(=O)c1ccccc1NC(=O)c1ccc(C(=O)N2CCCC2)cc1. The topological polar surface area (TPSA) is 75.7 Å². The Labute approximate surface area is 151 Å². The van der Waals surface area contributed by atoms with Crippen molar-refractivity contribution in [3.63, 3.8) is 0 Å². The lowest BCUT2D eigenvalue weighted by Gasteiger charge is -2.15. The number of carbonyl (C=O) groups excluding carboxylic acids is 3. The Hall–Kier alpha value is -3.15. The zero-order valence-electron chi connectivity index (χ0n) is 14.5. The van der Waals surface area contributed by atoms with Crippen molar-refractivity contribution in [2.45, 2.75) is 12.8 Å². The second kappa shape index (κ2) is 7.82. The Kier molecular flexibility index (Phi) is 5.31. The van der Waals surface area contributed by atoms with E-state index in [2.05, 4.69) is 5.32 Å². The van der Waals surface area contributed by atoms with Gasteiger partial charge in [0.2, 0.25) is 0 Å². The Morgan fingerprint density at radius 3 is 2.19 bits per heavy atom. The Morgan fingerprint density at radius 2 is 1.54 bits per heavy atom. The number of amides is 2. The lowest BCUT2D eigenvalue weighted by atomic mass is 10.1. The molecule has 0 aromatic heterocycles. The lowest BCUT2D eigenvalue weighted by molar-refractivity contribution is 0.0601. The van der Waals surface area contributed by atoms with Gasteiger partial charge >= 0.3 is 5.97 Å². The monoisotopic (exact) mass is 352 g/mol. The highest BCUT2D eigenvalue weighted by Gasteiger charge is 2.20. The van der Waals surface area contributed by atoms with Crippen LogP contribution in [0.3, 0.4) is 0 Å². The highest BCUT2D eigenvalue weighted by Crippen LogP contribution is 2.18. The normalized spacial score (nSPS) is 13.3. The molecular weight excluding hydrogens is 332 g/mol. The maximum Gasteiger partial charge on any atom is 0.339 e. The van der Waals surface area contributed by atoms with Gasteiger partial charge in [0.15, 0.2) is 0 Å². The fourth-order valence-electron chi connectivity index (χ4n) is 2.94. The van der Waals surface area contributed by atoms with E-state index in [-0.39, 0.29) is 17.4 Å². The smallest absolute Gasteiger partial charge is 0.339 e. The van der Waals surface area contributed by atoms with E-state index in [1.54, 1.807) is 48.5 Å². The summed E-state index contributed by atoms with van der Waals surface area (Å²) in [6.07, 6.45) is 2.07. The summed E-state index contributed by atoms with van der Waals surface area (Å²) in [6, 6.07) is 13.2. The number of likely N-dealkylation sites (tertiary alicyclic amines) is 1. The molecule has 6 heteroatoms. The number of methoxy groups -OCH3 is 1. The van der Waals surface area contributed by atoms with Crippen LogP contribution in [0.15, 0.2) is 48.5 Å². The molecule has 1 heterocycles. The van der Waals surface area contributed by atoms with Gasteiger partial charge in [0, 0.05) is 24.2 Å². The number of nitrogens with one attached hydrogen (secondary N) is 1. The zero-order chi connectivity index (χ0) is 18.5. The van der Waals surface area contributed by atoms with Crippen molar-refractivity contribution < 1.29 is 19.1 Å². The van der Waals surface area contributed by atoms with Gasteiger partial charge in [0.1, 0.15) is 0 Å². The first-order valence-corrected chi connectivity index (χ1v) is 8.48. The van der Waals surface area contributed by atoms with Crippen LogP contribution in [0.25, 0.3) is 0 Å². The van der Waals surface area contributed by atoms with Gasteiger partial charge < -0.3 is 15.0 Å². The molecule has 0 saturated carbocycles. The van der Waals surface area contributed by atoms with E-state index in [0.717, 1.165) is 25.9 Å². The molecule has 1 fully saturated rings. The van der Waals surface area contributed by atoms with Gasteiger partial charge in [-0.15, -0.1) is 0 Å². The maximum absolute atomic E-state index is 12.5. The molecule has 2 amide bonds. The number of benzene rings is 2. The van der Waals surface area contributed by atoms with E-state index in [1.807, 2.05) is 4.90 Å². The van der Waals surface area contributed by atoms with E-state index in [0.29, 0.717) is 16.8 Å². The van der Waals surface area contributed by atoms with Crippen LogP contribution in [-0.2, 0) is 4.74 Å². The van der Waals surface area contributed by atoms with E-state index in [4.69, 9.17) is 4.74 Å². The number of anilines is 1. The number of nitrogens with zero attached hydrogens (tertiary/aromatic N) is 1. The molecule has 1 aliphatic rings. The van der Waals surface area contributed by atoms with Crippen molar-refractivity contribution >= 4 is 23.5 Å². The maximum atomic E-state index is 12.5. The number of ether oxygens (including phenoxy) is 1. The van der Waals surface area contributed by atoms with Crippen LogP contribution < -0.4 is 5.32 Å². The lowest BCUT2D eigenvalue weighted by Crippen LogP contribution is -2.27. The number of para-hydroxylation sites is 1. The fraction of sp³-hybridized carbons (Fsp3) is 0.250. The van der Waals surface area contributed by atoms with Gasteiger partial charge in [0.05, 0.1) is 18.4 Å². The molecule has 6 nitrogen and oxygen atoms in total. The van der Waals surface area contributed by atoms with Gasteiger partial charge in [0.25, 0.3) is 11.8 Å². The van der Waals surface area contributed by atoms with E-state index in [1.165, 1.54) is 7.11 Å². The number of esters is 1. The van der Waals surface area contributed by atoms with Crippen molar-refractivity contribution in [1.29, 1.82) is 0 Å². The first-order valence-electron chi connectivity index (χ1n) is 8.48. The molecule has 2 aromatic rings. The van der Waals surface area contributed by atoms with Gasteiger partial charge in [-0.25, -0.2) is 4.79 Å². The molecule has 0 bridgehead atoms. The first-order chi connectivity index (χ1) is 12.6. The Morgan fingerprint density at radius 1 is 0.923 bits per heavy atom.